The largest absolute Gasteiger partial charge is 0.361 e. The topological polar surface area (TPSA) is 20.7 Å². The third-order valence-corrected chi connectivity index (χ3v) is 3.60. The summed E-state index contributed by atoms with van der Waals surface area (Å²) in [5.74, 6) is 0. The van der Waals surface area contributed by atoms with Crippen molar-refractivity contribution in [1.82, 2.24) is 9.55 Å². The van der Waals surface area contributed by atoms with Crippen LogP contribution >= 0.6 is 0 Å². The Hall–Kier alpha value is -2.48. The molecular weight excluding hydrogens is 232 g/mol. The molecule has 2 aromatic carbocycles. The number of aromatic nitrogens is 2. The van der Waals surface area contributed by atoms with Crippen LogP contribution in [-0.4, -0.2) is 9.55 Å². The van der Waals surface area contributed by atoms with Crippen molar-refractivity contribution >= 4 is 21.8 Å². The minimum Gasteiger partial charge on any atom is -0.361 e. The predicted molar refractivity (Wildman–Crippen MR) is 78.2 cm³/mol. The number of H-pyrrole nitrogens is 1. The van der Waals surface area contributed by atoms with Crippen LogP contribution in [0.5, 0.6) is 0 Å². The fraction of sp³-hybridized carbons (Fsp3) is 0.0588. The monoisotopic (exact) mass is 245 g/mol. The van der Waals surface area contributed by atoms with Gasteiger partial charge in [-0.1, -0.05) is 36.4 Å². The Morgan fingerprint density at radius 2 is 1.84 bits per heavy atom. The maximum atomic E-state index is 3.33. The van der Waals surface area contributed by atoms with Crippen molar-refractivity contribution < 1.29 is 0 Å². The summed E-state index contributed by atoms with van der Waals surface area (Å²) in [6, 6.07) is 20.1. The zero-order valence-corrected chi connectivity index (χ0v) is 10.4. The van der Waals surface area contributed by atoms with E-state index in [1.807, 2.05) is 6.20 Å². The average molecular weight is 245 g/mol. The highest BCUT2D eigenvalue weighted by molar-refractivity contribution is 5.84. The molecule has 2 heteroatoms. The number of rotatable bonds is 2. The molecule has 2 heterocycles. The van der Waals surface area contributed by atoms with Crippen LogP contribution in [0.3, 0.4) is 0 Å². The molecule has 91 valence electrons. The Morgan fingerprint density at radius 1 is 1.00 bits per heavy atom. The molecule has 2 nitrogen and oxygen atoms in total. The molecule has 0 saturated carbocycles. The summed E-state index contributed by atoms with van der Waals surface area (Å²) in [5, 5.41) is 2.46. The SMILES string of the molecule is [c]1cn(Cc2c[nH]c3ccccc23)c2ccccc12. The molecule has 1 N–H and O–H groups in total. The first-order valence-electron chi connectivity index (χ1n) is 6.42. The minimum absolute atomic E-state index is 0.869. The molecule has 0 amide bonds. The van der Waals surface area contributed by atoms with Crippen LogP contribution in [0.4, 0.5) is 0 Å². The Kier molecular flexibility index (Phi) is 2.21. The Balaban J connectivity index is 1.82. The third kappa shape index (κ3) is 1.65. The number of aromatic amines is 1. The first kappa shape index (κ1) is 10.4. The highest BCUT2D eigenvalue weighted by Gasteiger charge is 2.05. The maximum absolute atomic E-state index is 3.33. The molecular formula is C17H13N2. The summed E-state index contributed by atoms with van der Waals surface area (Å²) in [6.07, 6.45) is 4.13. The van der Waals surface area contributed by atoms with E-state index in [9.17, 15) is 0 Å². The van der Waals surface area contributed by atoms with Gasteiger partial charge in [-0.3, -0.25) is 0 Å². The highest BCUT2D eigenvalue weighted by atomic mass is 15.0. The van der Waals surface area contributed by atoms with Crippen molar-refractivity contribution in [2.45, 2.75) is 6.54 Å². The summed E-state index contributed by atoms with van der Waals surface area (Å²) in [6.45, 7) is 0.869. The first-order chi connectivity index (χ1) is 9.42. The Labute approximate surface area is 111 Å². The number of fused-ring (bicyclic) bond motifs is 2. The van der Waals surface area contributed by atoms with E-state index >= 15 is 0 Å². The summed E-state index contributed by atoms with van der Waals surface area (Å²) in [4.78, 5) is 3.33. The van der Waals surface area contributed by atoms with Gasteiger partial charge in [-0.2, -0.15) is 0 Å². The first-order valence-corrected chi connectivity index (χ1v) is 6.42. The van der Waals surface area contributed by atoms with Crippen LogP contribution in [0.2, 0.25) is 0 Å². The highest BCUT2D eigenvalue weighted by Crippen LogP contribution is 2.21. The summed E-state index contributed by atoms with van der Waals surface area (Å²) < 4.78 is 2.24. The van der Waals surface area contributed by atoms with Gasteiger partial charge in [0, 0.05) is 46.8 Å². The standard InChI is InChI=1S/C17H13N2/c1-4-8-17-13(5-1)9-10-19(17)12-14-11-18-16-7-3-2-6-15(14)16/h1-8,10-11,18H,12H2. The van der Waals surface area contributed by atoms with Gasteiger partial charge >= 0.3 is 0 Å². The molecule has 0 fully saturated rings. The second-order valence-electron chi connectivity index (χ2n) is 4.78. The third-order valence-electron chi connectivity index (χ3n) is 3.60. The second kappa shape index (κ2) is 4.02. The Bertz CT molecular complexity index is 780. The number of hydrogen-bond donors (Lipinski definition) is 1. The van der Waals surface area contributed by atoms with Crippen molar-refractivity contribution in [1.29, 1.82) is 0 Å². The zero-order chi connectivity index (χ0) is 12.7. The average Bonchev–Trinajstić information content (AvgIpc) is 3.05. The molecule has 4 rings (SSSR count). The molecule has 0 unspecified atom stereocenters. The molecule has 0 spiro atoms. The number of benzene rings is 2. The van der Waals surface area contributed by atoms with Crippen LogP contribution in [0.1, 0.15) is 5.56 Å². The molecule has 0 aliphatic rings. The normalized spacial score (nSPS) is 11.4. The molecule has 0 saturated heterocycles. The summed E-state index contributed by atoms with van der Waals surface area (Å²) >= 11 is 0. The molecule has 1 radical (unpaired) electrons. The van der Waals surface area contributed by atoms with Crippen LogP contribution in [0.25, 0.3) is 21.8 Å². The van der Waals surface area contributed by atoms with E-state index in [-0.39, 0.29) is 0 Å². The van der Waals surface area contributed by atoms with Crippen molar-refractivity contribution in [3.63, 3.8) is 0 Å². The van der Waals surface area contributed by atoms with Crippen LogP contribution in [0, 0.1) is 6.07 Å². The molecule has 0 aliphatic heterocycles. The van der Waals surface area contributed by atoms with E-state index in [0.29, 0.717) is 0 Å². The molecule has 2 aromatic heterocycles. The number of nitrogens with one attached hydrogen (secondary N) is 1. The van der Waals surface area contributed by atoms with E-state index in [2.05, 4.69) is 70.3 Å². The van der Waals surface area contributed by atoms with Gasteiger partial charge in [-0.05, 0) is 17.7 Å². The van der Waals surface area contributed by atoms with Gasteiger partial charge in [-0.25, -0.2) is 0 Å². The molecule has 0 aliphatic carbocycles. The fourth-order valence-electron chi connectivity index (χ4n) is 2.64. The predicted octanol–water partition coefficient (Wildman–Crippen LogP) is 3.97. The van der Waals surface area contributed by atoms with Crippen molar-refractivity contribution in [2.75, 3.05) is 0 Å². The maximum Gasteiger partial charge on any atom is 0.0497 e. The lowest BCUT2D eigenvalue weighted by Crippen LogP contribution is -1.96. The van der Waals surface area contributed by atoms with Crippen molar-refractivity contribution in [2.24, 2.45) is 0 Å². The van der Waals surface area contributed by atoms with Gasteiger partial charge in [-0.15, -0.1) is 0 Å². The van der Waals surface area contributed by atoms with Gasteiger partial charge in [0.15, 0.2) is 0 Å². The molecule has 19 heavy (non-hydrogen) atoms. The van der Waals surface area contributed by atoms with Crippen molar-refractivity contribution in [3.8, 4) is 0 Å². The van der Waals surface area contributed by atoms with Crippen LogP contribution < -0.4 is 0 Å². The Morgan fingerprint density at radius 3 is 2.84 bits per heavy atom. The lowest BCUT2D eigenvalue weighted by molar-refractivity contribution is 0.842. The molecule has 4 aromatic rings. The van der Waals surface area contributed by atoms with Gasteiger partial charge in [0.2, 0.25) is 0 Å². The van der Waals surface area contributed by atoms with E-state index < -0.39 is 0 Å². The molecule has 0 bridgehead atoms. The number of hydrogen-bond acceptors (Lipinski definition) is 0. The quantitative estimate of drug-likeness (QED) is 0.551. The second-order valence-corrected chi connectivity index (χ2v) is 4.78. The van der Waals surface area contributed by atoms with E-state index in [1.165, 1.54) is 27.4 Å². The smallest absolute Gasteiger partial charge is 0.0497 e. The van der Waals surface area contributed by atoms with Gasteiger partial charge in [0.05, 0.1) is 0 Å². The van der Waals surface area contributed by atoms with E-state index in [4.69, 9.17) is 0 Å². The van der Waals surface area contributed by atoms with Crippen LogP contribution in [0.15, 0.2) is 60.9 Å². The number of nitrogens with zero attached hydrogens (tertiary/aromatic N) is 1. The summed E-state index contributed by atoms with van der Waals surface area (Å²) in [7, 11) is 0. The summed E-state index contributed by atoms with van der Waals surface area (Å²) in [5.41, 5.74) is 3.73. The van der Waals surface area contributed by atoms with Gasteiger partial charge < -0.3 is 9.55 Å². The van der Waals surface area contributed by atoms with Gasteiger partial charge in [0.1, 0.15) is 0 Å². The number of para-hydroxylation sites is 2. The lowest BCUT2D eigenvalue weighted by Gasteiger charge is -2.04. The van der Waals surface area contributed by atoms with Crippen LogP contribution in [-0.2, 0) is 6.54 Å². The zero-order valence-electron chi connectivity index (χ0n) is 10.4. The van der Waals surface area contributed by atoms with E-state index in [0.717, 1.165) is 6.54 Å². The lowest BCUT2D eigenvalue weighted by atomic mass is 10.2. The van der Waals surface area contributed by atoms with Crippen molar-refractivity contribution in [3.05, 3.63) is 72.6 Å². The molecule has 0 atom stereocenters. The fourth-order valence-corrected chi connectivity index (χ4v) is 2.64. The minimum atomic E-state index is 0.869. The van der Waals surface area contributed by atoms with E-state index in [1.54, 1.807) is 0 Å². The van der Waals surface area contributed by atoms with Gasteiger partial charge in [0.25, 0.3) is 0 Å².